The second-order valence-electron chi connectivity index (χ2n) is 5.42. The maximum atomic E-state index is 12.4. The number of fused-ring (bicyclic) bond motifs is 1. The quantitative estimate of drug-likeness (QED) is 0.842. The number of nitrogens with one attached hydrogen (secondary N) is 1. The second kappa shape index (κ2) is 4.86. The van der Waals surface area contributed by atoms with Crippen molar-refractivity contribution in [2.24, 2.45) is 5.92 Å². The number of benzene rings is 1. The summed E-state index contributed by atoms with van der Waals surface area (Å²) in [5.41, 5.74) is 1.69. The van der Waals surface area contributed by atoms with Crippen molar-refractivity contribution in [2.45, 2.75) is 36.6 Å². The van der Waals surface area contributed by atoms with Crippen LogP contribution < -0.4 is 4.72 Å². The van der Waals surface area contributed by atoms with Gasteiger partial charge in [0.2, 0.25) is 10.0 Å². The van der Waals surface area contributed by atoms with Crippen molar-refractivity contribution in [3.05, 3.63) is 29.3 Å². The highest BCUT2D eigenvalue weighted by atomic mass is 32.2. The molecule has 3 rings (SSSR count). The zero-order valence-corrected chi connectivity index (χ0v) is 12.1. The molecule has 0 bridgehead atoms. The predicted octanol–water partition coefficient (Wildman–Crippen LogP) is 1.02. The van der Waals surface area contributed by atoms with Crippen LogP contribution in [0.2, 0.25) is 0 Å². The molecule has 2 aliphatic rings. The van der Waals surface area contributed by atoms with Crippen LogP contribution >= 0.6 is 0 Å². The van der Waals surface area contributed by atoms with Gasteiger partial charge in [0.05, 0.1) is 17.9 Å². The van der Waals surface area contributed by atoms with E-state index in [1.165, 1.54) is 7.11 Å². The number of hydrogen-bond acceptors (Lipinski definition) is 4. The Hall–Kier alpha value is -1.40. The van der Waals surface area contributed by atoms with Crippen LogP contribution in [0.15, 0.2) is 23.1 Å². The topological polar surface area (TPSA) is 72.5 Å². The van der Waals surface area contributed by atoms with Gasteiger partial charge in [-0.15, -0.1) is 0 Å². The standard InChI is InChI=1S/C14H17NO4S/c1-19-14(16)10-7-9-3-2-4-13(12(9)8-10)20(17,18)15-11-5-6-11/h2-4,10-11,15H,5-8H2,1H3/t10-/m1/s1. The lowest BCUT2D eigenvalue weighted by Gasteiger charge is -2.10. The highest BCUT2D eigenvalue weighted by molar-refractivity contribution is 7.89. The molecule has 0 heterocycles. The van der Waals surface area contributed by atoms with E-state index in [1.807, 2.05) is 6.07 Å². The zero-order chi connectivity index (χ0) is 14.3. The Labute approximate surface area is 118 Å². The molecule has 0 aromatic heterocycles. The largest absolute Gasteiger partial charge is 0.469 e. The van der Waals surface area contributed by atoms with E-state index in [0.29, 0.717) is 17.7 Å². The molecule has 0 amide bonds. The number of ether oxygens (including phenoxy) is 1. The minimum Gasteiger partial charge on any atom is -0.469 e. The van der Waals surface area contributed by atoms with E-state index in [-0.39, 0.29) is 17.9 Å². The lowest BCUT2D eigenvalue weighted by atomic mass is 10.1. The molecule has 5 nitrogen and oxygen atoms in total. The van der Waals surface area contributed by atoms with Gasteiger partial charge < -0.3 is 4.74 Å². The highest BCUT2D eigenvalue weighted by Crippen LogP contribution is 2.33. The molecular weight excluding hydrogens is 278 g/mol. The number of carbonyl (C=O) groups excluding carboxylic acids is 1. The molecule has 1 saturated carbocycles. The third-order valence-corrected chi connectivity index (χ3v) is 5.48. The number of sulfonamides is 1. The maximum Gasteiger partial charge on any atom is 0.309 e. The molecule has 1 aromatic rings. The van der Waals surface area contributed by atoms with Crippen LogP contribution in [-0.2, 0) is 32.4 Å². The normalized spacial score (nSPS) is 21.6. The van der Waals surface area contributed by atoms with Crippen molar-refractivity contribution in [3.63, 3.8) is 0 Å². The van der Waals surface area contributed by atoms with Crippen molar-refractivity contribution in [2.75, 3.05) is 7.11 Å². The van der Waals surface area contributed by atoms with E-state index < -0.39 is 10.0 Å². The van der Waals surface area contributed by atoms with E-state index in [2.05, 4.69) is 4.72 Å². The molecule has 1 N–H and O–H groups in total. The summed E-state index contributed by atoms with van der Waals surface area (Å²) in [6.45, 7) is 0. The van der Waals surface area contributed by atoms with Crippen LogP contribution in [0.5, 0.6) is 0 Å². The summed E-state index contributed by atoms with van der Waals surface area (Å²) in [6.07, 6.45) is 2.79. The number of esters is 1. The molecule has 1 atom stereocenters. The van der Waals surface area contributed by atoms with Crippen LogP contribution in [0.1, 0.15) is 24.0 Å². The summed E-state index contributed by atoms with van der Waals surface area (Å²) < 4.78 is 32.2. The van der Waals surface area contributed by atoms with Gasteiger partial charge in [-0.05, 0) is 42.9 Å². The first kappa shape index (κ1) is 13.6. The van der Waals surface area contributed by atoms with E-state index in [9.17, 15) is 13.2 Å². The van der Waals surface area contributed by atoms with Gasteiger partial charge in [0.15, 0.2) is 0 Å². The van der Waals surface area contributed by atoms with Crippen molar-refractivity contribution >= 4 is 16.0 Å². The lowest BCUT2D eigenvalue weighted by molar-refractivity contribution is -0.145. The summed E-state index contributed by atoms with van der Waals surface area (Å²) in [7, 11) is -2.12. The van der Waals surface area contributed by atoms with Crippen LogP contribution in [0, 0.1) is 5.92 Å². The van der Waals surface area contributed by atoms with Gasteiger partial charge >= 0.3 is 5.97 Å². The average Bonchev–Trinajstić information content (AvgIpc) is 3.10. The first-order valence-electron chi connectivity index (χ1n) is 6.72. The van der Waals surface area contributed by atoms with Gasteiger partial charge in [-0.2, -0.15) is 0 Å². The van der Waals surface area contributed by atoms with Gasteiger partial charge in [0, 0.05) is 6.04 Å². The van der Waals surface area contributed by atoms with E-state index in [0.717, 1.165) is 24.0 Å². The lowest BCUT2D eigenvalue weighted by Crippen LogP contribution is -2.26. The molecule has 0 radical (unpaired) electrons. The van der Waals surface area contributed by atoms with Crippen molar-refractivity contribution in [3.8, 4) is 0 Å². The third kappa shape index (κ3) is 2.45. The SMILES string of the molecule is COC(=O)[C@@H]1Cc2cccc(S(=O)(=O)NC3CC3)c2C1. The fraction of sp³-hybridized carbons (Fsp3) is 0.500. The summed E-state index contributed by atoms with van der Waals surface area (Å²) >= 11 is 0. The molecule has 2 aliphatic carbocycles. The zero-order valence-electron chi connectivity index (χ0n) is 11.3. The van der Waals surface area contributed by atoms with Crippen molar-refractivity contribution < 1.29 is 17.9 Å². The molecule has 1 aromatic carbocycles. The first-order chi connectivity index (χ1) is 9.51. The van der Waals surface area contributed by atoms with Gasteiger partial charge in [-0.1, -0.05) is 12.1 Å². The van der Waals surface area contributed by atoms with E-state index >= 15 is 0 Å². The first-order valence-corrected chi connectivity index (χ1v) is 8.20. The molecule has 0 spiro atoms. The molecule has 108 valence electrons. The fourth-order valence-electron chi connectivity index (χ4n) is 2.69. The monoisotopic (exact) mass is 295 g/mol. The van der Waals surface area contributed by atoms with E-state index in [4.69, 9.17) is 4.74 Å². The molecular formula is C14H17NO4S. The van der Waals surface area contributed by atoms with Crippen LogP contribution in [-0.4, -0.2) is 27.5 Å². The minimum atomic E-state index is -3.48. The molecule has 1 fully saturated rings. The number of rotatable bonds is 4. The number of methoxy groups -OCH3 is 1. The summed E-state index contributed by atoms with van der Waals surface area (Å²) in [4.78, 5) is 12.0. The van der Waals surface area contributed by atoms with Crippen LogP contribution in [0.25, 0.3) is 0 Å². The highest BCUT2D eigenvalue weighted by Gasteiger charge is 2.34. The fourth-order valence-corrected chi connectivity index (χ4v) is 4.29. The summed E-state index contributed by atoms with van der Waals surface area (Å²) in [5.74, 6) is -0.549. The second-order valence-corrected chi connectivity index (χ2v) is 7.10. The van der Waals surface area contributed by atoms with Gasteiger partial charge in [-0.3, -0.25) is 4.79 Å². The van der Waals surface area contributed by atoms with Crippen LogP contribution in [0.3, 0.4) is 0 Å². The number of carbonyl (C=O) groups is 1. The Bertz CT molecular complexity index is 649. The predicted molar refractivity (Wildman–Crippen MR) is 72.7 cm³/mol. The number of hydrogen-bond donors (Lipinski definition) is 1. The van der Waals surface area contributed by atoms with Gasteiger partial charge in [-0.25, -0.2) is 13.1 Å². The smallest absolute Gasteiger partial charge is 0.309 e. The molecule has 0 saturated heterocycles. The van der Waals surface area contributed by atoms with E-state index in [1.54, 1.807) is 12.1 Å². The Kier molecular flexibility index (Phi) is 3.30. The maximum absolute atomic E-state index is 12.4. The van der Waals surface area contributed by atoms with Crippen LogP contribution in [0.4, 0.5) is 0 Å². The molecule has 6 heteroatoms. The molecule has 0 unspecified atom stereocenters. The molecule has 0 aliphatic heterocycles. The molecule has 20 heavy (non-hydrogen) atoms. The Morgan fingerprint density at radius 1 is 1.30 bits per heavy atom. The van der Waals surface area contributed by atoms with Gasteiger partial charge in [0.1, 0.15) is 0 Å². The average molecular weight is 295 g/mol. The summed E-state index contributed by atoms with van der Waals surface area (Å²) in [5, 5.41) is 0. The third-order valence-electron chi connectivity index (χ3n) is 3.87. The minimum absolute atomic E-state index is 0.0775. The Balaban J connectivity index is 1.92. The van der Waals surface area contributed by atoms with Crippen molar-refractivity contribution in [1.82, 2.24) is 4.72 Å². The Morgan fingerprint density at radius 3 is 2.70 bits per heavy atom. The van der Waals surface area contributed by atoms with Gasteiger partial charge in [0.25, 0.3) is 0 Å². The Morgan fingerprint density at radius 2 is 2.05 bits per heavy atom. The summed E-state index contributed by atoms with van der Waals surface area (Å²) in [6, 6.07) is 5.31. The van der Waals surface area contributed by atoms with Crippen molar-refractivity contribution in [1.29, 1.82) is 0 Å².